The van der Waals surface area contributed by atoms with Crippen LogP contribution in [-0.4, -0.2) is 24.9 Å². The van der Waals surface area contributed by atoms with E-state index in [1.54, 1.807) is 0 Å². The van der Waals surface area contributed by atoms with Crippen LogP contribution in [0.2, 0.25) is 0 Å². The molecule has 0 fully saturated rings. The molecule has 106 valence electrons. The van der Waals surface area contributed by atoms with E-state index in [0.717, 1.165) is 48.1 Å². The van der Waals surface area contributed by atoms with Crippen LogP contribution < -0.4 is 10.5 Å². The van der Waals surface area contributed by atoms with Gasteiger partial charge < -0.3 is 15.6 Å². The van der Waals surface area contributed by atoms with E-state index in [4.69, 9.17) is 10.5 Å². The summed E-state index contributed by atoms with van der Waals surface area (Å²) >= 11 is 3.56. The molecule has 0 bridgehead atoms. The number of hydrogen-bond donors (Lipinski definition) is 2. The molecule has 0 saturated heterocycles. The average molecular weight is 328 g/mol. The fourth-order valence-electron chi connectivity index (χ4n) is 2.87. The van der Waals surface area contributed by atoms with Gasteiger partial charge in [0.05, 0.1) is 13.2 Å². The van der Waals surface area contributed by atoms with E-state index < -0.39 is 0 Å². The lowest BCUT2D eigenvalue weighted by atomic mass is 9.78. The molecular formula is C15H22BrNO2. The van der Waals surface area contributed by atoms with Gasteiger partial charge in [-0.05, 0) is 36.1 Å². The van der Waals surface area contributed by atoms with Gasteiger partial charge in [-0.15, -0.1) is 0 Å². The van der Waals surface area contributed by atoms with Crippen LogP contribution in [0.15, 0.2) is 16.6 Å². The molecule has 4 heteroatoms. The number of rotatable bonds is 6. The van der Waals surface area contributed by atoms with Crippen LogP contribution in [0.1, 0.15) is 30.9 Å². The van der Waals surface area contributed by atoms with Gasteiger partial charge >= 0.3 is 0 Å². The Hall–Kier alpha value is -0.580. The summed E-state index contributed by atoms with van der Waals surface area (Å²) in [5.74, 6) is 1.01. The Bertz CT molecular complexity index is 444. The second kappa shape index (κ2) is 6.25. The highest BCUT2D eigenvalue weighted by Gasteiger charge is 2.30. The minimum absolute atomic E-state index is 0.124. The third-order valence-corrected chi connectivity index (χ3v) is 4.40. The third kappa shape index (κ3) is 3.12. The molecule has 1 aromatic rings. The molecule has 0 aliphatic carbocycles. The SMILES string of the molecule is CCCC(CN)(CO)Cc1cc(Br)cc2c1OCC2. The van der Waals surface area contributed by atoms with Crippen molar-refractivity contribution in [3.8, 4) is 5.75 Å². The summed E-state index contributed by atoms with van der Waals surface area (Å²) < 4.78 is 6.83. The van der Waals surface area contributed by atoms with Crippen molar-refractivity contribution >= 4 is 15.9 Å². The largest absolute Gasteiger partial charge is 0.493 e. The van der Waals surface area contributed by atoms with Gasteiger partial charge in [-0.2, -0.15) is 0 Å². The number of fused-ring (bicyclic) bond motifs is 1. The Morgan fingerprint density at radius 2 is 2.26 bits per heavy atom. The van der Waals surface area contributed by atoms with E-state index in [1.807, 2.05) is 0 Å². The molecule has 1 aliphatic rings. The van der Waals surface area contributed by atoms with Crippen molar-refractivity contribution in [2.75, 3.05) is 19.8 Å². The van der Waals surface area contributed by atoms with E-state index in [0.29, 0.717) is 6.54 Å². The molecular weight excluding hydrogens is 306 g/mol. The smallest absolute Gasteiger partial charge is 0.125 e. The molecule has 3 N–H and O–H groups in total. The molecule has 3 nitrogen and oxygen atoms in total. The minimum Gasteiger partial charge on any atom is -0.493 e. The minimum atomic E-state index is -0.227. The van der Waals surface area contributed by atoms with Crippen molar-refractivity contribution in [1.29, 1.82) is 0 Å². The van der Waals surface area contributed by atoms with Gasteiger partial charge in [0.2, 0.25) is 0 Å². The summed E-state index contributed by atoms with van der Waals surface area (Å²) in [6.45, 7) is 3.50. The first-order valence-electron chi connectivity index (χ1n) is 6.89. The predicted octanol–water partition coefficient (Wildman–Crippen LogP) is 2.66. The molecule has 1 atom stereocenters. The molecule has 2 rings (SSSR count). The molecule has 0 saturated carbocycles. The van der Waals surface area contributed by atoms with E-state index in [2.05, 4.69) is 35.0 Å². The highest BCUT2D eigenvalue weighted by Crippen LogP contribution is 2.37. The van der Waals surface area contributed by atoms with Crippen LogP contribution in [0, 0.1) is 5.41 Å². The second-order valence-corrected chi connectivity index (χ2v) is 6.36. The van der Waals surface area contributed by atoms with Gasteiger partial charge in [-0.3, -0.25) is 0 Å². The highest BCUT2D eigenvalue weighted by molar-refractivity contribution is 9.10. The van der Waals surface area contributed by atoms with E-state index in [-0.39, 0.29) is 12.0 Å². The maximum Gasteiger partial charge on any atom is 0.125 e. The van der Waals surface area contributed by atoms with Crippen molar-refractivity contribution in [3.63, 3.8) is 0 Å². The number of aliphatic hydroxyl groups is 1. The summed E-state index contributed by atoms with van der Waals surface area (Å²) in [6, 6.07) is 4.22. The first-order valence-corrected chi connectivity index (χ1v) is 7.68. The number of benzene rings is 1. The molecule has 0 radical (unpaired) electrons. The van der Waals surface area contributed by atoms with Crippen molar-refractivity contribution in [2.45, 2.75) is 32.6 Å². The Morgan fingerprint density at radius 3 is 2.89 bits per heavy atom. The fourth-order valence-corrected chi connectivity index (χ4v) is 3.43. The van der Waals surface area contributed by atoms with E-state index in [9.17, 15) is 5.11 Å². The summed E-state index contributed by atoms with van der Waals surface area (Å²) in [5.41, 5.74) is 8.11. The lowest BCUT2D eigenvalue weighted by molar-refractivity contribution is 0.120. The van der Waals surface area contributed by atoms with Crippen LogP contribution in [0.5, 0.6) is 5.75 Å². The van der Waals surface area contributed by atoms with Crippen molar-refractivity contribution in [2.24, 2.45) is 11.1 Å². The van der Waals surface area contributed by atoms with Gasteiger partial charge in [0, 0.05) is 22.9 Å². The highest BCUT2D eigenvalue weighted by atomic mass is 79.9. The average Bonchev–Trinajstić information content (AvgIpc) is 2.86. The Balaban J connectivity index is 2.31. The zero-order chi connectivity index (χ0) is 13.9. The summed E-state index contributed by atoms with van der Waals surface area (Å²) in [7, 11) is 0. The molecule has 0 spiro atoms. The third-order valence-electron chi connectivity index (χ3n) is 3.94. The van der Waals surface area contributed by atoms with Crippen molar-refractivity contribution in [1.82, 2.24) is 0 Å². The molecule has 19 heavy (non-hydrogen) atoms. The van der Waals surface area contributed by atoms with E-state index >= 15 is 0 Å². The van der Waals surface area contributed by atoms with Gasteiger partial charge in [-0.1, -0.05) is 29.3 Å². The van der Waals surface area contributed by atoms with Crippen LogP contribution in [0.3, 0.4) is 0 Å². The Morgan fingerprint density at radius 1 is 1.47 bits per heavy atom. The lowest BCUT2D eigenvalue weighted by Crippen LogP contribution is -2.36. The van der Waals surface area contributed by atoms with E-state index in [1.165, 1.54) is 5.56 Å². The maximum atomic E-state index is 9.75. The topological polar surface area (TPSA) is 55.5 Å². The molecule has 1 aliphatic heterocycles. The number of nitrogens with two attached hydrogens (primary N) is 1. The summed E-state index contributed by atoms with van der Waals surface area (Å²) in [4.78, 5) is 0. The number of halogens is 1. The predicted molar refractivity (Wildman–Crippen MR) is 80.5 cm³/mol. The van der Waals surface area contributed by atoms with Crippen LogP contribution in [0.4, 0.5) is 0 Å². The quantitative estimate of drug-likeness (QED) is 0.844. The van der Waals surface area contributed by atoms with Gasteiger partial charge in [0.25, 0.3) is 0 Å². The van der Waals surface area contributed by atoms with Gasteiger partial charge in [-0.25, -0.2) is 0 Å². The number of ether oxygens (including phenoxy) is 1. The molecule has 1 aromatic carbocycles. The summed E-state index contributed by atoms with van der Waals surface area (Å²) in [6.07, 6.45) is 3.69. The van der Waals surface area contributed by atoms with Gasteiger partial charge in [0.1, 0.15) is 5.75 Å². The lowest BCUT2D eigenvalue weighted by Gasteiger charge is -2.31. The monoisotopic (exact) mass is 327 g/mol. The molecule has 0 aromatic heterocycles. The zero-order valence-corrected chi connectivity index (χ0v) is 13.0. The van der Waals surface area contributed by atoms with Crippen molar-refractivity contribution in [3.05, 3.63) is 27.7 Å². The first-order chi connectivity index (χ1) is 9.14. The molecule has 0 amide bonds. The maximum absolute atomic E-state index is 9.75. The zero-order valence-electron chi connectivity index (χ0n) is 11.4. The van der Waals surface area contributed by atoms with Crippen LogP contribution in [-0.2, 0) is 12.8 Å². The second-order valence-electron chi connectivity index (χ2n) is 5.44. The molecule has 1 heterocycles. The van der Waals surface area contributed by atoms with Crippen LogP contribution in [0.25, 0.3) is 0 Å². The summed E-state index contributed by atoms with van der Waals surface area (Å²) in [5, 5.41) is 9.75. The van der Waals surface area contributed by atoms with Crippen LogP contribution >= 0.6 is 15.9 Å². The van der Waals surface area contributed by atoms with Gasteiger partial charge in [0.15, 0.2) is 0 Å². The number of hydrogen-bond acceptors (Lipinski definition) is 3. The fraction of sp³-hybridized carbons (Fsp3) is 0.600. The van der Waals surface area contributed by atoms with Crippen molar-refractivity contribution < 1.29 is 9.84 Å². The first kappa shape index (κ1) is 14.8. The Kier molecular flexibility index (Phi) is 4.87. The normalized spacial score (nSPS) is 16.8. The standard InChI is InChI=1S/C15H22BrNO2/c1-2-4-15(9-17,10-18)8-12-7-13(16)6-11-3-5-19-14(11)12/h6-7,18H,2-5,8-10,17H2,1H3. The molecule has 1 unspecified atom stereocenters. The number of aliphatic hydroxyl groups excluding tert-OH is 1. The Labute approximate surface area is 123 Å².